The molecule has 22 heavy (non-hydrogen) atoms. The fourth-order valence-electron chi connectivity index (χ4n) is 2.16. The van der Waals surface area contributed by atoms with Gasteiger partial charge in [-0.2, -0.15) is 0 Å². The van der Waals surface area contributed by atoms with Crippen molar-refractivity contribution in [3.8, 4) is 0 Å². The van der Waals surface area contributed by atoms with Gasteiger partial charge in [-0.1, -0.05) is 12.1 Å². The van der Waals surface area contributed by atoms with E-state index in [2.05, 4.69) is 10.3 Å². The van der Waals surface area contributed by atoms with Gasteiger partial charge in [0, 0.05) is 25.8 Å². The lowest BCUT2D eigenvalue weighted by Gasteiger charge is -2.06. The number of benzene rings is 1. The zero-order chi connectivity index (χ0) is 16.2. The molecule has 7 nitrogen and oxygen atoms in total. The smallest absolute Gasteiger partial charge is 0.326 e. The lowest BCUT2D eigenvalue weighted by Crippen LogP contribution is -2.28. The maximum Gasteiger partial charge on any atom is 0.326 e. The normalized spacial score (nSPS) is 11.7. The Morgan fingerprint density at radius 3 is 2.77 bits per heavy atom. The third kappa shape index (κ3) is 4.45. The van der Waals surface area contributed by atoms with E-state index in [1.54, 1.807) is 4.57 Å². The van der Waals surface area contributed by atoms with Crippen LogP contribution in [0, 0.1) is 0 Å². The number of aromatic amines is 1. The van der Waals surface area contributed by atoms with E-state index in [4.69, 9.17) is 0 Å². The van der Waals surface area contributed by atoms with Crippen LogP contribution in [0.4, 0.5) is 0 Å². The molecule has 0 atom stereocenters. The van der Waals surface area contributed by atoms with Crippen molar-refractivity contribution in [2.45, 2.75) is 19.4 Å². The highest BCUT2D eigenvalue weighted by Gasteiger charge is 2.08. The van der Waals surface area contributed by atoms with E-state index in [-0.39, 0.29) is 23.8 Å². The molecule has 1 aromatic carbocycles. The molecule has 1 aromatic heterocycles. The topological polar surface area (TPSA) is 101 Å². The van der Waals surface area contributed by atoms with Crippen LogP contribution in [0.5, 0.6) is 0 Å². The van der Waals surface area contributed by atoms with Gasteiger partial charge in [0.1, 0.15) is 9.84 Å². The molecule has 1 heterocycles. The number of rotatable bonds is 7. The Bertz CT molecular complexity index is 820. The summed E-state index contributed by atoms with van der Waals surface area (Å²) in [6.07, 6.45) is 1.65. The number of H-pyrrole nitrogens is 1. The van der Waals surface area contributed by atoms with Gasteiger partial charge >= 0.3 is 5.69 Å². The zero-order valence-electron chi connectivity index (χ0n) is 12.3. The fraction of sp³-hybridized carbons (Fsp3) is 0.429. The quantitative estimate of drug-likeness (QED) is 0.714. The van der Waals surface area contributed by atoms with Crippen molar-refractivity contribution in [2.24, 2.45) is 0 Å². The number of carbonyl (C=O) groups is 1. The van der Waals surface area contributed by atoms with Gasteiger partial charge in [-0.3, -0.25) is 9.36 Å². The summed E-state index contributed by atoms with van der Waals surface area (Å²) in [5, 5.41) is 2.66. The van der Waals surface area contributed by atoms with Gasteiger partial charge in [-0.15, -0.1) is 0 Å². The molecule has 2 aromatic rings. The molecule has 0 radical (unpaired) electrons. The minimum Gasteiger partial charge on any atom is -0.356 e. The second-order valence-corrected chi connectivity index (χ2v) is 7.44. The first-order chi connectivity index (χ1) is 10.4. The van der Waals surface area contributed by atoms with Crippen LogP contribution in [0.3, 0.4) is 0 Å². The number of hydrogen-bond donors (Lipinski definition) is 2. The number of imidazole rings is 1. The minimum absolute atomic E-state index is 0.0358. The van der Waals surface area contributed by atoms with Crippen LogP contribution in [0.15, 0.2) is 29.1 Å². The Morgan fingerprint density at radius 2 is 2.05 bits per heavy atom. The van der Waals surface area contributed by atoms with Crippen molar-refractivity contribution in [2.75, 3.05) is 18.6 Å². The van der Waals surface area contributed by atoms with Gasteiger partial charge in [0.2, 0.25) is 5.91 Å². The Hall–Kier alpha value is -2.09. The Kier molecular flexibility index (Phi) is 5.02. The SMILES string of the molecule is CS(=O)(=O)CCC(=O)NCCCn1c(=O)[nH]c2ccccc21. The average molecular weight is 325 g/mol. The molecule has 0 aliphatic heterocycles. The van der Waals surface area contributed by atoms with E-state index in [0.29, 0.717) is 19.5 Å². The average Bonchev–Trinajstić information content (AvgIpc) is 2.76. The second kappa shape index (κ2) is 6.78. The molecule has 8 heteroatoms. The first-order valence-corrected chi connectivity index (χ1v) is 9.05. The molecule has 0 unspecified atom stereocenters. The van der Waals surface area contributed by atoms with Crippen LogP contribution in [-0.4, -0.2) is 42.4 Å². The van der Waals surface area contributed by atoms with E-state index in [1.165, 1.54) is 0 Å². The molecule has 0 fully saturated rings. The molecular formula is C14H19N3O4S. The van der Waals surface area contributed by atoms with Crippen molar-refractivity contribution in [3.63, 3.8) is 0 Å². The number of aryl methyl sites for hydroxylation is 1. The maximum absolute atomic E-state index is 11.8. The van der Waals surface area contributed by atoms with Crippen molar-refractivity contribution in [3.05, 3.63) is 34.7 Å². The zero-order valence-corrected chi connectivity index (χ0v) is 13.1. The monoisotopic (exact) mass is 325 g/mol. The summed E-state index contributed by atoms with van der Waals surface area (Å²) in [6.45, 7) is 0.879. The molecule has 2 rings (SSSR count). The van der Waals surface area contributed by atoms with E-state index < -0.39 is 9.84 Å². The standard InChI is InChI=1S/C14H19N3O4S/c1-22(20,21)10-7-13(18)15-8-4-9-17-12-6-3-2-5-11(12)16-14(17)19/h2-3,5-6H,4,7-10H2,1H3,(H,15,18)(H,16,19). The van der Waals surface area contributed by atoms with Gasteiger partial charge in [0.05, 0.1) is 16.8 Å². The van der Waals surface area contributed by atoms with Gasteiger partial charge in [-0.05, 0) is 18.6 Å². The van der Waals surface area contributed by atoms with Crippen molar-refractivity contribution >= 4 is 26.8 Å². The van der Waals surface area contributed by atoms with E-state index in [1.807, 2.05) is 24.3 Å². The van der Waals surface area contributed by atoms with E-state index in [0.717, 1.165) is 17.3 Å². The summed E-state index contributed by atoms with van der Waals surface area (Å²) in [6, 6.07) is 7.40. The predicted octanol–water partition coefficient (Wildman–Crippen LogP) is 0.271. The summed E-state index contributed by atoms with van der Waals surface area (Å²) in [5.41, 5.74) is 1.44. The maximum atomic E-state index is 11.8. The van der Waals surface area contributed by atoms with Crippen LogP contribution >= 0.6 is 0 Å². The summed E-state index contributed by atoms with van der Waals surface area (Å²) in [5.74, 6) is -0.447. The van der Waals surface area contributed by atoms with Gasteiger partial charge < -0.3 is 10.3 Å². The number of nitrogens with one attached hydrogen (secondary N) is 2. The molecule has 0 saturated carbocycles. The number of nitrogens with zero attached hydrogens (tertiary/aromatic N) is 1. The first-order valence-electron chi connectivity index (χ1n) is 6.99. The van der Waals surface area contributed by atoms with E-state index >= 15 is 0 Å². The number of hydrogen-bond acceptors (Lipinski definition) is 4. The predicted molar refractivity (Wildman–Crippen MR) is 84.5 cm³/mol. The minimum atomic E-state index is -3.13. The van der Waals surface area contributed by atoms with Gasteiger partial charge in [-0.25, -0.2) is 13.2 Å². The third-order valence-corrected chi connectivity index (χ3v) is 4.21. The lowest BCUT2D eigenvalue weighted by atomic mass is 10.3. The van der Waals surface area contributed by atoms with Crippen LogP contribution in [-0.2, 0) is 21.2 Å². The first kappa shape index (κ1) is 16.3. The molecule has 120 valence electrons. The highest BCUT2D eigenvalue weighted by molar-refractivity contribution is 7.90. The molecule has 0 bridgehead atoms. The number of aromatic nitrogens is 2. The van der Waals surface area contributed by atoms with Crippen molar-refractivity contribution in [1.82, 2.24) is 14.9 Å². The fourth-order valence-corrected chi connectivity index (χ4v) is 2.72. The van der Waals surface area contributed by atoms with Crippen molar-refractivity contribution in [1.29, 1.82) is 0 Å². The Morgan fingerprint density at radius 1 is 1.32 bits per heavy atom. The molecule has 2 N–H and O–H groups in total. The highest BCUT2D eigenvalue weighted by Crippen LogP contribution is 2.08. The second-order valence-electron chi connectivity index (χ2n) is 5.18. The lowest BCUT2D eigenvalue weighted by molar-refractivity contribution is -0.120. The molecule has 0 saturated heterocycles. The van der Waals surface area contributed by atoms with Gasteiger partial charge in [0.25, 0.3) is 0 Å². The molecule has 0 aliphatic carbocycles. The molecular weight excluding hydrogens is 306 g/mol. The highest BCUT2D eigenvalue weighted by atomic mass is 32.2. The Balaban J connectivity index is 1.82. The van der Waals surface area contributed by atoms with Crippen LogP contribution < -0.4 is 11.0 Å². The van der Waals surface area contributed by atoms with Crippen LogP contribution in [0.2, 0.25) is 0 Å². The van der Waals surface area contributed by atoms with Crippen molar-refractivity contribution < 1.29 is 13.2 Å². The van der Waals surface area contributed by atoms with Gasteiger partial charge in [0.15, 0.2) is 0 Å². The summed E-state index contributed by atoms with van der Waals surface area (Å²) in [7, 11) is -3.13. The molecule has 1 amide bonds. The summed E-state index contributed by atoms with van der Waals surface area (Å²) in [4.78, 5) is 26.1. The number of carbonyl (C=O) groups excluding carboxylic acids is 1. The number of sulfone groups is 1. The summed E-state index contributed by atoms with van der Waals surface area (Å²) < 4.78 is 23.5. The summed E-state index contributed by atoms with van der Waals surface area (Å²) >= 11 is 0. The Labute approximate surface area is 128 Å². The number of para-hydroxylation sites is 2. The van der Waals surface area contributed by atoms with Crippen LogP contribution in [0.1, 0.15) is 12.8 Å². The van der Waals surface area contributed by atoms with Crippen LogP contribution in [0.25, 0.3) is 11.0 Å². The third-order valence-electron chi connectivity index (χ3n) is 3.26. The number of fused-ring (bicyclic) bond motifs is 1. The molecule has 0 aliphatic rings. The van der Waals surface area contributed by atoms with E-state index in [9.17, 15) is 18.0 Å². The number of amides is 1. The molecule has 0 spiro atoms. The largest absolute Gasteiger partial charge is 0.356 e.